The number of H-pyrrole nitrogens is 1. The third kappa shape index (κ3) is 3.67. The fourth-order valence-electron chi connectivity index (χ4n) is 1.81. The molecule has 0 aliphatic rings. The van der Waals surface area contributed by atoms with Gasteiger partial charge in [-0.15, -0.1) is 5.10 Å². The van der Waals surface area contributed by atoms with Crippen molar-refractivity contribution in [1.82, 2.24) is 15.2 Å². The molecule has 2 N–H and O–H groups in total. The summed E-state index contributed by atoms with van der Waals surface area (Å²) in [5.41, 5.74) is -2.70. The highest BCUT2D eigenvalue weighted by Gasteiger charge is 2.34. The van der Waals surface area contributed by atoms with Crippen LogP contribution in [-0.4, -0.2) is 26.0 Å². The van der Waals surface area contributed by atoms with E-state index in [1.54, 1.807) is 0 Å². The molecule has 2 aromatic rings. The van der Waals surface area contributed by atoms with Crippen molar-refractivity contribution in [2.75, 3.05) is 5.32 Å². The summed E-state index contributed by atoms with van der Waals surface area (Å²) in [6.07, 6.45) is -4.75. The van der Waals surface area contributed by atoms with Gasteiger partial charge in [-0.25, -0.2) is 0 Å². The van der Waals surface area contributed by atoms with Crippen LogP contribution >= 0.6 is 0 Å². The fraction of sp³-hybridized carbons (Fsp3) is 0.308. The maximum Gasteiger partial charge on any atom is 0.416 e. The van der Waals surface area contributed by atoms with E-state index >= 15 is 0 Å². The van der Waals surface area contributed by atoms with Crippen LogP contribution in [0.5, 0.6) is 0 Å². The van der Waals surface area contributed by atoms with Crippen molar-refractivity contribution in [3.05, 3.63) is 45.3 Å². The van der Waals surface area contributed by atoms with Crippen molar-refractivity contribution in [2.24, 2.45) is 0 Å². The highest BCUT2D eigenvalue weighted by atomic mass is 19.4. The van der Waals surface area contributed by atoms with Gasteiger partial charge >= 0.3 is 6.18 Å². The second-order valence-electron chi connectivity index (χ2n) is 5.14. The number of aromatic nitrogens is 3. The molecule has 0 radical (unpaired) electrons. The second kappa shape index (κ2) is 6.26. The summed E-state index contributed by atoms with van der Waals surface area (Å²) in [6, 6.07) is 1.65. The molecule has 0 aliphatic carbocycles. The largest absolute Gasteiger partial charge is 0.416 e. The van der Waals surface area contributed by atoms with Crippen LogP contribution < -0.4 is 5.32 Å². The van der Waals surface area contributed by atoms with E-state index in [4.69, 9.17) is 0 Å². The number of alkyl halides is 3. The molecule has 0 fully saturated rings. The third-order valence-electron chi connectivity index (χ3n) is 3.04. The van der Waals surface area contributed by atoms with Crippen LogP contribution in [0.1, 0.15) is 41.5 Å². The van der Waals surface area contributed by atoms with Crippen LogP contribution in [0.15, 0.2) is 18.2 Å². The summed E-state index contributed by atoms with van der Waals surface area (Å²) in [7, 11) is 0. The van der Waals surface area contributed by atoms with Crippen LogP contribution in [0.4, 0.5) is 24.8 Å². The monoisotopic (exact) mass is 343 g/mol. The molecule has 24 heavy (non-hydrogen) atoms. The number of anilines is 1. The van der Waals surface area contributed by atoms with Crippen molar-refractivity contribution in [1.29, 1.82) is 0 Å². The number of halogens is 3. The van der Waals surface area contributed by atoms with Gasteiger partial charge in [0.1, 0.15) is 11.4 Å². The van der Waals surface area contributed by atoms with Crippen molar-refractivity contribution in [3.8, 4) is 0 Å². The molecular weight excluding hydrogens is 331 g/mol. The van der Waals surface area contributed by atoms with Gasteiger partial charge in [-0.2, -0.15) is 18.2 Å². The predicted molar refractivity (Wildman–Crippen MR) is 76.5 cm³/mol. The summed E-state index contributed by atoms with van der Waals surface area (Å²) in [5.74, 6) is -0.626. The first kappa shape index (κ1) is 17.4. The van der Waals surface area contributed by atoms with E-state index < -0.39 is 33.8 Å². The maximum atomic E-state index is 12.6. The number of nitro benzene ring substituents is 1. The molecule has 0 spiro atoms. The zero-order chi connectivity index (χ0) is 18.1. The van der Waals surface area contributed by atoms with E-state index in [1.807, 2.05) is 13.8 Å². The standard InChI is InChI=1S/C13H12F3N5O3/c1-6(2)10-17-12(20-19-10)18-11(22)8-4-3-7(13(14,15)16)5-9(8)21(23)24/h3-6H,1-2H3,(H2,17,18,19,20,22). The van der Waals surface area contributed by atoms with Crippen LogP contribution in [0.25, 0.3) is 0 Å². The zero-order valence-electron chi connectivity index (χ0n) is 12.5. The van der Waals surface area contributed by atoms with Crippen molar-refractivity contribution in [2.45, 2.75) is 25.9 Å². The molecule has 0 atom stereocenters. The molecule has 8 nitrogen and oxygen atoms in total. The number of carbonyl (C=O) groups is 1. The summed E-state index contributed by atoms with van der Waals surface area (Å²) < 4.78 is 37.9. The highest BCUT2D eigenvalue weighted by Crippen LogP contribution is 2.33. The quantitative estimate of drug-likeness (QED) is 0.654. The number of aromatic amines is 1. The minimum absolute atomic E-state index is 0.00329. The van der Waals surface area contributed by atoms with Crippen LogP contribution in [0, 0.1) is 10.1 Å². The number of amides is 1. The normalized spacial score (nSPS) is 11.6. The van der Waals surface area contributed by atoms with E-state index in [0.717, 1.165) is 6.07 Å². The molecule has 2 rings (SSSR count). The van der Waals surface area contributed by atoms with Crippen molar-refractivity contribution in [3.63, 3.8) is 0 Å². The Morgan fingerprint density at radius 1 is 1.38 bits per heavy atom. The average molecular weight is 343 g/mol. The molecule has 1 aromatic carbocycles. The van der Waals surface area contributed by atoms with E-state index in [9.17, 15) is 28.1 Å². The van der Waals surface area contributed by atoms with Gasteiger partial charge in [-0.05, 0) is 12.1 Å². The number of carbonyl (C=O) groups excluding carboxylic acids is 1. The third-order valence-corrected chi connectivity index (χ3v) is 3.04. The maximum absolute atomic E-state index is 12.6. The summed E-state index contributed by atoms with van der Waals surface area (Å²) in [4.78, 5) is 26.0. The van der Waals surface area contributed by atoms with E-state index in [2.05, 4.69) is 20.5 Å². The first-order chi connectivity index (χ1) is 11.1. The van der Waals surface area contributed by atoms with Crippen LogP contribution in [-0.2, 0) is 6.18 Å². The molecular formula is C13H12F3N5O3. The molecule has 11 heteroatoms. The Balaban J connectivity index is 2.32. The van der Waals surface area contributed by atoms with Gasteiger partial charge in [0.05, 0.1) is 10.5 Å². The number of nitrogens with zero attached hydrogens (tertiary/aromatic N) is 3. The van der Waals surface area contributed by atoms with Gasteiger partial charge in [-0.3, -0.25) is 25.3 Å². The Bertz CT molecular complexity index is 785. The zero-order valence-corrected chi connectivity index (χ0v) is 12.5. The predicted octanol–water partition coefficient (Wildman–Crippen LogP) is 3.11. The minimum atomic E-state index is -4.75. The molecule has 1 heterocycles. The summed E-state index contributed by atoms with van der Waals surface area (Å²) >= 11 is 0. The number of hydrogen-bond acceptors (Lipinski definition) is 5. The lowest BCUT2D eigenvalue weighted by molar-refractivity contribution is -0.385. The number of nitrogens with one attached hydrogen (secondary N) is 2. The molecule has 0 saturated heterocycles. The van der Waals surface area contributed by atoms with Gasteiger partial charge in [0.25, 0.3) is 11.6 Å². The Morgan fingerprint density at radius 3 is 2.54 bits per heavy atom. The molecule has 0 saturated carbocycles. The average Bonchev–Trinajstić information content (AvgIpc) is 2.94. The van der Waals surface area contributed by atoms with Gasteiger partial charge in [-0.1, -0.05) is 13.8 Å². The lowest BCUT2D eigenvalue weighted by atomic mass is 10.1. The Kier molecular flexibility index (Phi) is 4.53. The molecule has 0 unspecified atom stereocenters. The molecule has 1 amide bonds. The first-order valence-corrected chi connectivity index (χ1v) is 6.69. The van der Waals surface area contributed by atoms with E-state index in [1.165, 1.54) is 0 Å². The van der Waals surface area contributed by atoms with Gasteiger partial charge in [0.15, 0.2) is 0 Å². The topological polar surface area (TPSA) is 114 Å². The molecule has 0 aliphatic heterocycles. The van der Waals surface area contributed by atoms with Gasteiger partial charge in [0.2, 0.25) is 5.95 Å². The van der Waals surface area contributed by atoms with Crippen molar-refractivity contribution >= 4 is 17.5 Å². The van der Waals surface area contributed by atoms with Gasteiger partial charge < -0.3 is 0 Å². The number of nitro groups is 1. The Labute approximate surface area is 133 Å². The number of benzene rings is 1. The van der Waals surface area contributed by atoms with Crippen LogP contribution in [0.2, 0.25) is 0 Å². The Morgan fingerprint density at radius 2 is 2.04 bits per heavy atom. The first-order valence-electron chi connectivity index (χ1n) is 6.69. The van der Waals surface area contributed by atoms with Gasteiger partial charge in [0, 0.05) is 12.0 Å². The smallest absolute Gasteiger partial charge is 0.289 e. The van der Waals surface area contributed by atoms with E-state index in [0.29, 0.717) is 18.0 Å². The second-order valence-corrected chi connectivity index (χ2v) is 5.14. The Hall–Kier alpha value is -2.98. The summed E-state index contributed by atoms with van der Waals surface area (Å²) in [5, 5.41) is 19.5. The lowest BCUT2D eigenvalue weighted by Gasteiger charge is -2.08. The lowest BCUT2D eigenvalue weighted by Crippen LogP contribution is -2.16. The number of rotatable bonds is 4. The summed E-state index contributed by atoms with van der Waals surface area (Å²) in [6.45, 7) is 3.65. The fourth-order valence-corrected chi connectivity index (χ4v) is 1.81. The minimum Gasteiger partial charge on any atom is -0.289 e. The molecule has 128 valence electrons. The van der Waals surface area contributed by atoms with Crippen molar-refractivity contribution < 1.29 is 22.9 Å². The van der Waals surface area contributed by atoms with Crippen LogP contribution in [0.3, 0.4) is 0 Å². The van der Waals surface area contributed by atoms with E-state index in [-0.39, 0.29) is 11.9 Å². The SMILES string of the molecule is CC(C)c1nc(NC(=O)c2ccc(C(F)(F)F)cc2[N+](=O)[O-])n[nH]1. The number of hydrogen-bond donors (Lipinski definition) is 2. The highest BCUT2D eigenvalue weighted by molar-refractivity contribution is 6.06. The molecule has 0 bridgehead atoms. The molecule has 1 aromatic heterocycles.